The van der Waals surface area contributed by atoms with Gasteiger partial charge in [-0.05, 0) is 54.6 Å². The third-order valence-electron chi connectivity index (χ3n) is 4.77. The van der Waals surface area contributed by atoms with Gasteiger partial charge in [0.2, 0.25) is 5.91 Å². The van der Waals surface area contributed by atoms with Crippen LogP contribution in [0.25, 0.3) is 10.9 Å². The van der Waals surface area contributed by atoms with Crippen LogP contribution in [-0.4, -0.2) is 34.9 Å². The van der Waals surface area contributed by atoms with Gasteiger partial charge in [0.05, 0.1) is 10.5 Å². The maximum Gasteiger partial charge on any atom is 0.322 e. The Morgan fingerprint density at radius 2 is 1.93 bits per heavy atom. The molecule has 1 aliphatic rings. The molecule has 6 nitrogen and oxygen atoms in total. The van der Waals surface area contributed by atoms with E-state index in [1.807, 2.05) is 47.8 Å². The van der Waals surface area contributed by atoms with Crippen molar-refractivity contribution in [2.45, 2.75) is 12.8 Å². The molecule has 1 aromatic carbocycles. The average molecular weight is 380 g/mol. The number of rotatable bonds is 3. The van der Waals surface area contributed by atoms with Gasteiger partial charge in [-0.3, -0.25) is 15.1 Å². The molecule has 27 heavy (non-hydrogen) atoms. The second kappa shape index (κ2) is 7.75. The zero-order valence-electron chi connectivity index (χ0n) is 14.7. The first-order valence-corrected chi connectivity index (χ1v) is 9.82. The van der Waals surface area contributed by atoms with E-state index < -0.39 is 0 Å². The fourth-order valence-electron chi connectivity index (χ4n) is 3.28. The molecule has 3 aromatic rings. The number of urea groups is 1. The zero-order valence-corrected chi connectivity index (χ0v) is 15.5. The molecule has 1 saturated heterocycles. The van der Waals surface area contributed by atoms with Gasteiger partial charge in [0.25, 0.3) is 0 Å². The summed E-state index contributed by atoms with van der Waals surface area (Å²) in [5.41, 5.74) is 1.68. The van der Waals surface area contributed by atoms with E-state index in [1.54, 1.807) is 11.1 Å². The quantitative estimate of drug-likeness (QED) is 0.716. The predicted molar refractivity (Wildman–Crippen MR) is 108 cm³/mol. The van der Waals surface area contributed by atoms with E-state index in [4.69, 9.17) is 0 Å². The van der Waals surface area contributed by atoms with Crippen LogP contribution >= 0.6 is 11.3 Å². The lowest BCUT2D eigenvalue weighted by atomic mass is 9.96. The molecule has 2 aromatic heterocycles. The average Bonchev–Trinajstić information content (AvgIpc) is 3.21. The lowest BCUT2D eigenvalue weighted by molar-refractivity contribution is -0.121. The van der Waals surface area contributed by atoms with Crippen LogP contribution in [0, 0.1) is 5.92 Å². The summed E-state index contributed by atoms with van der Waals surface area (Å²) in [6.07, 6.45) is 3.08. The van der Waals surface area contributed by atoms with E-state index in [0.29, 0.717) is 25.9 Å². The summed E-state index contributed by atoms with van der Waals surface area (Å²) in [7, 11) is 0. The highest BCUT2D eigenvalue weighted by atomic mass is 32.1. The number of hydrogen-bond donors (Lipinski definition) is 2. The summed E-state index contributed by atoms with van der Waals surface area (Å²) in [6.45, 7) is 1.16. The smallest absolute Gasteiger partial charge is 0.322 e. The molecular weight excluding hydrogens is 360 g/mol. The number of anilines is 2. The van der Waals surface area contributed by atoms with Crippen LogP contribution < -0.4 is 10.6 Å². The van der Waals surface area contributed by atoms with Crippen molar-refractivity contribution in [3.63, 3.8) is 0 Å². The normalized spacial score (nSPS) is 14.9. The second-order valence-corrected chi connectivity index (χ2v) is 7.52. The van der Waals surface area contributed by atoms with E-state index in [9.17, 15) is 9.59 Å². The topological polar surface area (TPSA) is 74.3 Å². The van der Waals surface area contributed by atoms with Crippen molar-refractivity contribution in [1.29, 1.82) is 0 Å². The first-order valence-electron chi connectivity index (χ1n) is 8.94. The van der Waals surface area contributed by atoms with Crippen LogP contribution in [0.4, 0.5) is 15.5 Å². The van der Waals surface area contributed by atoms with E-state index in [-0.39, 0.29) is 17.9 Å². The molecular formula is C20H20N4O2S. The Kier molecular flexibility index (Phi) is 5.02. The summed E-state index contributed by atoms with van der Waals surface area (Å²) in [4.78, 5) is 30.9. The van der Waals surface area contributed by atoms with Crippen LogP contribution in [0.1, 0.15) is 12.8 Å². The molecule has 0 bridgehead atoms. The molecule has 0 atom stereocenters. The third kappa shape index (κ3) is 4.09. The Balaban J connectivity index is 1.32. The van der Waals surface area contributed by atoms with E-state index >= 15 is 0 Å². The lowest BCUT2D eigenvalue weighted by Gasteiger charge is -2.31. The van der Waals surface area contributed by atoms with Crippen LogP contribution in [0.5, 0.6) is 0 Å². The number of carbonyl (C=O) groups is 2. The number of piperidine rings is 1. The zero-order chi connectivity index (χ0) is 18.6. The fourth-order valence-corrected chi connectivity index (χ4v) is 3.88. The van der Waals surface area contributed by atoms with Gasteiger partial charge in [0.15, 0.2) is 0 Å². The summed E-state index contributed by atoms with van der Waals surface area (Å²) in [6, 6.07) is 13.2. The highest BCUT2D eigenvalue weighted by Crippen LogP contribution is 2.23. The van der Waals surface area contributed by atoms with Crippen molar-refractivity contribution in [3.8, 4) is 0 Å². The molecule has 3 amide bonds. The van der Waals surface area contributed by atoms with Gasteiger partial charge < -0.3 is 10.2 Å². The maximum absolute atomic E-state index is 12.6. The molecule has 0 unspecified atom stereocenters. The molecule has 2 N–H and O–H groups in total. The summed E-state index contributed by atoms with van der Waals surface area (Å²) in [5, 5.41) is 9.65. The largest absolute Gasteiger partial charge is 0.326 e. The number of hydrogen-bond acceptors (Lipinski definition) is 4. The fraction of sp³-hybridized carbons (Fsp3) is 0.250. The molecule has 3 heterocycles. The summed E-state index contributed by atoms with van der Waals surface area (Å²) in [5.74, 6) is -0.0723. The standard InChI is InChI=1S/C20H20N4O2S/c25-19(22-16-5-6-17-15(13-16)3-1-9-21-17)14-7-10-24(11-8-14)20(26)23-18-4-2-12-27-18/h1-6,9,12-14H,7-8,10-11H2,(H,22,25)(H,23,26). The first kappa shape index (κ1) is 17.5. The highest BCUT2D eigenvalue weighted by Gasteiger charge is 2.27. The van der Waals surface area contributed by atoms with Gasteiger partial charge >= 0.3 is 6.03 Å². The number of amides is 3. The number of carbonyl (C=O) groups excluding carboxylic acids is 2. The second-order valence-electron chi connectivity index (χ2n) is 6.57. The number of aromatic nitrogens is 1. The van der Waals surface area contributed by atoms with Crippen molar-refractivity contribution >= 4 is 44.9 Å². The van der Waals surface area contributed by atoms with Crippen LogP contribution in [-0.2, 0) is 4.79 Å². The van der Waals surface area contributed by atoms with Gasteiger partial charge in [-0.2, -0.15) is 0 Å². The molecule has 0 spiro atoms. The summed E-state index contributed by atoms with van der Waals surface area (Å²) >= 11 is 1.50. The van der Waals surface area contributed by atoms with Crippen LogP contribution in [0.3, 0.4) is 0 Å². The SMILES string of the molecule is O=C(Nc1ccc2ncccc2c1)C1CCN(C(=O)Nc2cccs2)CC1. The minimum absolute atomic E-state index is 0.0107. The van der Waals surface area contributed by atoms with Crippen LogP contribution in [0.2, 0.25) is 0 Å². The van der Waals surface area contributed by atoms with E-state index in [1.165, 1.54) is 11.3 Å². The van der Waals surface area contributed by atoms with Gasteiger partial charge in [0, 0.05) is 36.3 Å². The molecule has 7 heteroatoms. The molecule has 138 valence electrons. The van der Waals surface area contributed by atoms with E-state index in [0.717, 1.165) is 21.6 Å². The molecule has 4 rings (SSSR count). The monoisotopic (exact) mass is 380 g/mol. The highest BCUT2D eigenvalue weighted by molar-refractivity contribution is 7.14. The van der Waals surface area contributed by atoms with Gasteiger partial charge in [-0.25, -0.2) is 4.79 Å². The Labute approximate surface area is 161 Å². The number of nitrogens with zero attached hydrogens (tertiary/aromatic N) is 2. The number of thiophene rings is 1. The van der Waals surface area contributed by atoms with Crippen molar-refractivity contribution in [2.24, 2.45) is 5.92 Å². The van der Waals surface area contributed by atoms with Crippen LogP contribution in [0.15, 0.2) is 54.0 Å². The van der Waals surface area contributed by atoms with E-state index in [2.05, 4.69) is 15.6 Å². The molecule has 0 radical (unpaired) electrons. The Morgan fingerprint density at radius 1 is 1.07 bits per heavy atom. The van der Waals surface area contributed by atoms with Crippen molar-refractivity contribution in [2.75, 3.05) is 23.7 Å². The molecule has 1 fully saturated rings. The number of nitrogens with one attached hydrogen (secondary N) is 2. The minimum Gasteiger partial charge on any atom is -0.326 e. The first-order chi connectivity index (χ1) is 13.2. The minimum atomic E-state index is -0.0988. The number of benzene rings is 1. The Bertz CT molecular complexity index is 950. The lowest BCUT2D eigenvalue weighted by Crippen LogP contribution is -2.43. The maximum atomic E-state index is 12.6. The molecule has 0 aliphatic carbocycles. The third-order valence-corrected chi connectivity index (χ3v) is 5.56. The van der Waals surface area contributed by atoms with Crippen molar-refractivity contribution in [3.05, 3.63) is 54.0 Å². The van der Waals surface area contributed by atoms with Gasteiger partial charge in [0.1, 0.15) is 0 Å². The molecule has 0 saturated carbocycles. The van der Waals surface area contributed by atoms with Gasteiger partial charge in [-0.1, -0.05) is 6.07 Å². The molecule has 1 aliphatic heterocycles. The Hall–Kier alpha value is -2.93. The number of pyridine rings is 1. The predicted octanol–water partition coefficient (Wildman–Crippen LogP) is 4.18. The van der Waals surface area contributed by atoms with Crippen molar-refractivity contribution in [1.82, 2.24) is 9.88 Å². The Morgan fingerprint density at radius 3 is 2.70 bits per heavy atom. The van der Waals surface area contributed by atoms with Crippen molar-refractivity contribution < 1.29 is 9.59 Å². The number of fused-ring (bicyclic) bond motifs is 1. The summed E-state index contributed by atoms with van der Waals surface area (Å²) < 4.78 is 0. The number of likely N-dealkylation sites (tertiary alicyclic amines) is 1. The van der Waals surface area contributed by atoms with Gasteiger partial charge in [-0.15, -0.1) is 11.3 Å².